The summed E-state index contributed by atoms with van der Waals surface area (Å²) in [7, 11) is -3.78. The van der Waals surface area contributed by atoms with Gasteiger partial charge in [0.05, 0.1) is 5.92 Å². The van der Waals surface area contributed by atoms with E-state index in [2.05, 4.69) is 19.4 Å². The molecule has 1 aliphatic heterocycles. The lowest BCUT2D eigenvalue weighted by molar-refractivity contribution is -0.142. The Morgan fingerprint density at radius 2 is 2.11 bits per heavy atom. The van der Waals surface area contributed by atoms with Crippen LogP contribution < -0.4 is 4.72 Å². The third-order valence-corrected chi connectivity index (χ3v) is 4.36. The molecule has 0 radical (unpaired) electrons. The predicted octanol–water partition coefficient (Wildman–Crippen LogP) is -0.169. The number of hydrogen-bond donors (Lipinski definition) is 2. The lowest BCUT2D eigenvalue weighted by atomic mass is 9.99. The topological polar surface area (TPSA) is 126 Å². The van der Waals surface area contributed by atoms with Crippen LogP contribution in [-0.2, 0) is 15.0 Å². The number of nitrogens with zero attached hydrogens (tertiary/aromatic N) is 3. The molecule has 0 spiro atoms. The summed E-state index contributed by atoms with van der Waals surface area (Å²) in [4.78, 5) is 14.5. The Bertz CT molecular complexity index is 561. The SMILES string of the molecule is Cc1noc(NS(=O)(=O)N2CCC(C(=O)O)CC2)n1. The smallest absolute Gasteiger partial charge is 0.336 e. The van der Waals surface area contributed by atoms with Crippen LogP contribution in [0.2, 0.25) is 0 Å². The molecule has 2 heterocycles. The van der Waals surface area contributed by atoms with Gasteiger partial charge in [0.25, 0.3) is 0 Å². The minimum Gasteiger partial charge on any atom is -0.481 e. The molecular formula is C9H14N4O5S. The van der Waals surface area contributed by atoms with Crippen molar-refractivity contribution in [2.75, 3.05) is 17.8 Å². The second-order valence-corrected chi connectivity index (χ2v) is 5.94. The average Bonchev–Trinajstić information content (AvgIpc) is 2.74. The first-order valence-corrected chi connectivity index (χ1v) is 7.13. The summed E-state index contributed by atoms with van der Waals surface area (Å²) in [5.41, 5.74) is 0. The van der Waals surface area contributed by atoms with E-state index in [1.807, 2.05) is 0 Å². The van der Waals surface area contributed by atoms with Crippen molar-refractivity contribution in [2.45, 2.75) is 19.8 Å². The molecule has 2 rings (SSSR count). The van der Waals surface area contributed by atoms with Crippen LogP contribution in [0.15, 0.2) is 4.52 Å². The van der Waals surface area contributed by atoms with Gasteiger partial charge in [-0.1, -0.05) is 5.16 Å². The number of carboxylic acid groups (broad SMARTS) is 1. The van der Waals surface area contributed by atoms with Gasteiger partial charge in [0.15, 0.2) is 5.82 Å². The summed E-state index contributed by atoms with van der Waals surface area (Å²) < 4.78 is 32.0. The second-order valence-electron chi connectivity index (χ2n) is 4.27. The van der Waals surface area contributed by atoms with Crippen molar-refractivity contribution in [3.05, 3.63) is 5.82 Å². The van der Waals surface area contributed by atoms with Crippen molar-refractivity contribution in [1.82, 2.24) is 14.4 Å². The number of carbonyl (C=O) groups is 1. The standard InChI is InChI=1S/C9H14N4O5S/c1-6-10-9(18-11-6)12-19(16,17)13-4-2-7(3-5-13)8(14)15/h7H,2-5H2,1H3,(H,14,15)(H,10,11,12). The van der Waals surface area contributed by atoms with E-state index >= 15 is 0 Å². The zero-order chi connectivity index (χ0) is 14.0. The molecule has 9 nitrogen and oxygen atoms in total. The van der Waals surface area contributed by atoms with E-state index in [4.69, 9.17) is 5.11 Å². The first-order chi connectivity index (χ1) is 8.88. The third-order valence-electron chi connectivity index (χ3n) is 2.89. The molecule has 0 aromatic carbocycles. The number of aryl methyl sites for hydroxylation is 1. The molecule has 106 valence electrons. The first kappa shape index (κ1) is 13.7. The highest BCUT2D eigenvalue weighted by Gasteiger charge is 2.31. The van der Waals surface area contributed by atoms with Gasteiger partial charge in [0, 0.05) is 13.1 Å². The van der Waals surface area contributed by atoms with Crippen LogP contribution in [0.4, 0.5) is 6.01 Å². The molecule has 1 aromatic heterocycles. The van der Waals surface area contributed by atoms with E-state index in [0.717, 1.165) is 0 Å². The molecule has 1 fully saturated rings. The fourth-order valence-electron chi connectivity index (χ4n) is 1.86. The molecule has 1 aromatic rings. The maximum absolute atomic E-state index is 12.0. The van der Waals surface area contributed by atoms with Gasteiger partial charge in [-0.2, -0.15) is 17.7 Å². The Balaban J connectivity index is 1.99. The van der Waals surface area contributed by atoms with Crippen LogP contribution in [0.3, 0.4) is 0 Å². The quantitative estimate of drug-likeness (QED) is 0.788. The van der Waals surface area contributed by atoms with Gasteiger partial charge in [-0.3, -0.25) is 4.79 Å². The fraction of sp³-hybridized carbons (Fsp3) is 0.667. The number of aromatic nitrogens is 2. The van der Waals surface area contributed by atoms with Crippen molar-refractivity contribution < 1.29 is 22.8 Å². The lowest BCUT2D eigenvalue weighted by Crippen LogP contribution is -2.43. The van der Waals surface area contributed by atoms with Gasteiger partial charge in [-0.15, -0.1) is 0 Å². The number of piperidine rings is 1. The van der Waals surface area contributed by atoms with E-state index in [-0.39, 0.29) is 19.1 Å². The largest absolute Gasteiger partial charge is 0.481 e. The second kappa shape index (κ2) is 5.13. The van der Waals surface area contributed by atoms with Crippen molar-refractivity contribution in [3.8, 4) is 0 Å². The molecule has 0 aliphatic carbocycles. The van der Waals surface area contributed by atoms with Crippen LogP contribution in [-0.4, -0.2) is 47.0 Å². The Kier molecular flexibility index (Phi) is 3.71. The highest BCUT2D eigenvalue weighted by atomic mass is 32.2. The van der Waals surface area contributed by atoms with Crippen LogP contribution in [0.1, 0.15) is 18.7 Å². The van der Waals surface area contributed by atoms with Gasteiger partial charge >= 0.3 is 22.2 Å². The molecule has 2 N–H and O–H groups in total. The summed E-state index contributed by atoms with van der Waals surface area (Å²) in [6, 6.07) is -0.196. The predicted molar refractivity (Wildman–Crippen MR) is 63.5 cm³/mol. The average molecular weight is 290 g/mol. The van der Waals surface area contributed by atoms with Crippen molar-refractivity contribution in [1.29, 1.82) is 0 Å². The summed E-state index contributed by atoms with van der Waals surface area (Å²) in [6.45, 7) is 1.87. The minimum atomic E-state index is -3.78. The highest BCUT2D eigenvalue weighted by Crippen LogP contribution is 2.20. The van der Waals surface area contributed by atoms with Crippen LogP contribution in [0.5, 0.6) is 0 Å². The number of aliphatic carboxylic acids is 1. The third kappa shape index (κ3) is 3.20. The van der Waals surface area contributed by atoms with Crippen LogP contribution in [0.25, 0.3) is 0 Å². The maximum atomic E-state index is 12.0. The highest BCUT2D eigenvalue weighted by molar-refractivity contribution is 7.90. The molecular weight excluding hydrogens is 276 g/mol. The molecule has 1 aliphatic rings. The Labute approximate surface area is 109 Å². The fourth-order valence-corrected chi connectivity index (χ4v) is 2.98. The number of nitrogens with one attached hydrogen (secondary N) is 1. The van der Waals surface area contributed by atoms with E-state index in [0.29, 0.717) is 18.7 Å². The zero-order valence-electron chi connectivity index (χ0n) is 10.2. The Morgan fingerprint density at radius 3 is 2.58 bits per heavy atom. The molecule has 19 heavy (non-hydrogen) atoms. The van der Waals surface area contributed by atoms with Gasteiger partial charge in [-0.25, -0.2) is 4.72 Å². The molecule has 0 bridgehead atoms. The molecule has 10 heteroatoms. The lowest BCUT2D eigenvalue weighted by Gasteiger charge is -2.28. The Hall–Kier alpha value is -1.68. The van der Waals surface area contributed by atoms with Crippen molar-refractivity contribution in [3.63, 3.8) is 0 Å². The molecule has 0 amide bonds. The maximum Gasteiger partial charge on any atom is 0.336 e. The molecule has 0 unspecified atom stereocenters. The van der Waals surface area contributed by atoms with Crippen molar-refractivity contribution in [2.24, 2.45) is 5.92 Å². The van der Waals surface area contributed by atoms with E-state index in [9.17, 15) is 13.2 Å². The summed E-state index contributed by atoms with van der Waals surface area (Å²) in [5, 5.41) is 12.3. The number of hydrogen-bond acceptors (Lipinski definition) is 6. The van der Waals surface area contributed by atoms with E-state index < -0.39 is 22.1 Å². The van der Waals surface area contributed by atoms with Gasteiger partial charge in [0.1, 0.15) is 0 Å². The summed E-state index contributed by atoms with van der Waals surface area (Å²) in [6.07, 6.45) is 0.582. The van der Waals surface area contributed by atoms with E-state index in [1.54, 1.807) is 6.92 Å². The van der Waals surface area contributed by atoms with Gasteiger partial charge in [0.2, 0.25) is 0 Å². The monoisotopic (exact) mass is 290 g/mol. The normalized spacial score (nSPS) is 18.4. The zero-order valence-corrected chi connectivity index (χ0v) is 11.1. The first-order valence-electron chi connectivity index (χ1n) is 5.69. The van der Waals surface area contributed by atoms with Crippen LogP contribution >= 0.6 is 0 Å². The molecule has 0 atom stereocenters. The Morgan fingerprint density at radius 1 is 1.47 bits per heavy atom. The number of anilines is 1. The van der Waals surface area contributed by atoms with Gasteiger partial charge < -0.3 is 9.63 Å². The van der Waals surface area contributed by atoms with Crippen LogP contribution in [0, 0.1) is 12.8 Å². The number of carboxylic acids is 1. The van der Waals surface area contributed by atoms with Crippen molar-refractivity contribution >= 4 is 22.2 Å². The molecule has 0 saturated carbocycles. The number of rotatable bonds is 4. The van der Waals surface area contributed by atoms with E-state index in [1.165, 1.54) is 4.31 Å². The summed E-state index contributed by atoms with van der Waals surface area (Å²) >= 11 is 0. The molecule has 1 saturated heterocycles. The summed E-state index contributed by atoms with van der Waals surface area (Å²) in [5.74, 6) is -1.06. The minimum absolute atomic E-state index is 0.152. The van der Waals surface area contributed by atoms with Gasteiger partial charge in [-0.05, 0) is 19.8 Å².